The minimum Gasteiger partial charge on any atom is -0.347 e. The van der Waals surface area contributed by atoms with E-state index in [1.54, 1.807) is 0 Å². The highest BCUT2D eigenvalue weighted by molar-refractivity contribution is 5.98. The van der Waals surface area contributed by atoms with E-state index in [0.717, 1.165) is 30.5 Å². The second-order valence-electron chi connectivity index (χ2n) is 7.92. The fourth-order valence-electron chi connectivity index (χ4n) is 3.90. The topological polar surface area (TPSA) is 28.7 Å². The van der Waals surface area contributed by atoms with Gasteiger partial charge in [-0.3, -0.25) is 0 Å². The largest absolute Gasteiger partial charge is 0.347 e. The minimum absolute atomic E-state index is 0.693. The van der Waals surface area contributed by atoms with Gasteiger partial charge in [0.05, 0.1) is 11.6 Å². The molecule has 0 atom stereocenters. The van der Waals surface area contributed by atoms with E-state index >= 15 is 0 Å². The van der Waals surface area contributed by atoms with Crippen LogP contribution in [0.2, 0.25) is 0 Å². The molecule has 0 bridgehead atoms. The summed E-state index contributed by atoms with van der Waals surface area (Å²) < 4.78 is 2.33. The molecule has 0 spiro atoms. The van der Waals surface area contributed by atoms with Crippen molar-refractivity contribution in [3.63, 3.8) is 0 Å². The smallest absolute Gasteiger partial charge is 0.0998 e. The van der Waals surface area contributed by atoms with Gasteiger partial charge in [0.25, 0.3) is 0 Å². The SMILES string of the molecule is Cc1ccc(/C(C#N)=C/c2cn(CCCc3ccccc3)c3cc(C)ccc23)cc1. The number of nitriles is 1. The van der Waals surface area contributed by atoms with Crippen molar-refractivity contribution in [1.29, 1.82) is 5.26 Å². The van der Waals surface area contributed by atoms with Crippen LogP contribution in [0.3, 0.4) is 0 Å². The molecule has 4 aromatic rings. The Morgan fingerprint density at radius 2 is 1.67 bits per heavy atom. The molecule has 1 heterocycles. The predicted octanol–water partition coefficient (Wildman–Crippen LogP) is 6.96. The fourth-order valence-corrected chi connectivity index (χ4v) is 3.90. The number of rotatable bonds is 6. The van der Waals surface area contributed by atoms with Crippen molar-refractivity contribution in [3.05, 3.63) is 107 Å². The molecule has 0 unspecified atom stereocenters. The molecule has 0 N–H and O–H groups in total. The Morgan fingerprint density at radius 1 is 0.933 bits per heavy atom. The van der Waals surface area contributed by atoms with Crippen LogP contribution < -0.4 is 0 Å². The highest BCUT2D eigenvalue weighted by Crippen LogP contribution is 2.27. The number of fused-ring (bicyclic) bond motifs is 1. The van der Waals surface area contributed by atoms with E-state index in [1.165, 1.54) is 27.6 Å². The third-order valence-corrected chi connectivity index (χ3v) is 5.56. The highest BCUT2D eigenvalue weighted by Gasteiger charge is 2.10. The maximum atomic E-state index is 9.78. The summed E-state index contributed by atoms with van der Waals surface area (Å²) in [6.07, 6.45) is 6.36. The quantitative estimate of drug-likeness (QED) is 0.327. The van der Waals surface area contributed by atoms with E-state index in [2.05, 4.69) is 91.3 Å². The third kappa shape index (κ3) is 4.36. The van der Waals surface area contributed by atoms with Gasteiger partial charge in [-0.15, -0.1) is 0 Å². The summed E-state index contributed by atoms with van der Waals surface area (Å²) in [7, 11) is 0. The van der Waals surface area contributed by atoms with Gasteiger partial charge in [0, 0.05) is 29.2 Å². The summed E-state index contributed by atoms with van der Waals surface area (Å²) in [6, 6.07) is 27.7. The normalized spacial score (nSPS) is 11.6. The standard InChI is InChI=1S/C28H26N2/c1-21-10-13-24(14-11-21)25(19-29)18-26-20-30(28-17-22(2)12-15-27(26)28)16-6-9-23-7-4-3-5-8-23/h3-5,7-8,10-15,17-18,20H,6,9,16H2,1-2H3/b25-18+. The Hall–Kier alpha value is -3.57. The fraction of sp³-hybridized carbons (Fsp3) is 0.179. The van der Waals surface area contributed by atoms with Gasteiger partial charge in [-0.2, -0.15) is 5.26 Å². The third-order valence-electron chi connectivity index (χ3n) is 5.56. The zero-order valence-electron chi connectivity index (χ0n) is 17.6. The first-order valence-corrected chi connectivity index (χ1v) is 10.5. The summed E-state index contributed by atoms with van der Waals surface area (Å²) in [4.78, 5) is 0. The summed E-state index contributed by atoms with van der Waals surface area (Å²) in [5.74, 6) is 0. The van der Waals surface area contributed by atoms with Gasteiger partial charge >= 0.3 is 0 Å². The van der Waals surface area contributed by atoms with Crippen molar-refractivity contribution in [3.8, 4) is 6.07 Å². The van der Waals surface area contributed by atoms with Gasteiger partial charge in [-0.1, -0.05) is 72.3 Å². The number of benzene rings is 3. The van der Waals surface area contributed by atoms with Crippen LogP contribution in [0.5, 0.6) is 0 Å². The van der Waals surface area contributed by atoms with Crippen LogP contribution in [0.25, 0.3) is 22.6 Å². The molecular formula is C28H26N2. The van der Waals surface area contributed by atoms with E-state index < -0.39 is 0 Å². The van der Waals surface area contributed by atoms with E-state index in [4.69, 9.17) is 0 Å². The Kier molecular flexibility index (Phi) is 5.82. The molecule has 0 aliphatic rings. The lowest BCUT2D eigenvalue weighted by atomic mass is 10.0. The summed E-state index contributed by atoms with van der Waals surface area (Å²) in [6.45, 7) is 5.14. The molecule has 0 fully saturated rings. The van der Waals surface area contributed by atoms with Crippen LogP contribution in [-0.2, 0) is 13.0 Å². The van der Waals surface area contributed by atoms with Gasteiger partial charge in [-0.25, -0.2) is 0 Å². The summed E-state index contributed by atoms with van der Waals surface area (Å²) in [5.41, 5.74) is 7.80. The first-order valence-electron chi connectivity index (χ1n) is 10.5. The highest BCUT2D eigenvalue weighted by atomic mass is 15.0. The first-order chi connectivity index (χ1) is 14.6. The van der Waals surface area contributed by atoms with Gasteiger partial charge in [0.2, 0.25) is 0 Å². The predicted molar refractivity (Wildman–Crippen MR) is 126 cm³/mol. The number of allylic oxidation sites excluding steroid dienone is 1. The Morgan fingerprint density at radius 3 is 2.40 bits per heavy atom. The van der Waals surface area contributed by atoms with Gasteiger partial charge in [0.1, 0.15) is 0 Å². The van der Waals surface area contributed by atoms with Crippen molar-refractivity contribution in [1.82, 2.24) is 4.57 Å². The van der Waals surface area contributed by atoms with Crippen LogP contribution in [0, 0.1) is 25.2 Å². The van der Waals surface area contributed by atoms with Crippen LogP contribution in [-0.4, -0.2) is 4.57 Å². The van der Waals surface area contributed by atoms with Crippen molar-refractivity contribution in [2.75, 3.05) is 0 Å². The first kappa shape index (κ1) is 19.7. The molecule has 0 aliphatic carbocycles. The van der Waals surface area contributed by atoms with Gasteiger partial charge in [0.15, 0.2) is 0 Å². The molecule has 3 aromatic carbocycles. The number of aromatic nitrogens is 1. The Labute approximate surface area is 178 Å². The van der Waals surface area contributed by atoms with Gasteiger partial charge < -0.3 is 4.57 Å². The van der Waals surface area contributed by atoms with E-state index in [9.17, 15) is 5.26 Å². The molecule has 0 amide bonds. The van der Waals surface area contributed by atoms with Gasteiger partial charge in [-0.05, 0) is 55.5 Å². The van der Waals surface area contributed by atoms with Crippen LogP contribution in [0.15, 0.2) is 79.0 Å². The zero-order valence-corrected chi connectivity index (χ0v) is 17.6. The van der Waals surface area contributed by atoms with E-state index in [-0.39, 0.29) is 0 Å². The average Bonchev–Trinajstić information content (AvgIpc) is 3.10. The van der Waals surface area contributed by atoms with E-state index in [1.807, 2.05) is 18.2 Å². The lowest BCUT2D eigenvalue weighted by Crippen LogP contribution is -1.98. The van der Waals surface area contributed by atoms with E-state index in [0.29, 0.717) is 5.57 Å². The van der Waals surface area contributed by atoms with Crippen molar-refractivity contribution < 1.29 is 0 Å². The molecule has 0 aliphatic heterocycles. The molecule has 4 rings (SSSR count). The van der Waals surface area contributed by atoms with Crippen LogP contribution in [0.4, 0.5) is 0 Å². The Balaban J connectivity index is 1.66. The van der Waals surface area contributed by atoms with Crippen LogP contribution in [0.1, 0.15) is 34.2 Å². The number of nitrogens with zero attached hydrogens (tertiary/aromatic N) is 2. The molecular weight excluding hydrogens is 364 g/mol. The minimum atomic E-state index is 0.693. The molecule has 148 valence electrons. The second kappa shape index (κ2) is 8.84. The van der Waals surface area contributed by atoms with Crippen molar-refractivity contribution >= 4 is 22.6 Å². The molecule has 0 saturated heterocycles. The second-order valence-corrected chi connectivity index (χ2v) is 7.92. The van der Waals surface area contributed by atoms with Crippen molar-refractivity contribution in [2.24, 2.45) is 0 Å². The molecule has 0 saturated carbocycles. The molecule has 2 heteroatoms. The molecule has 2 nitrogen and oxygen atoms in total. The monoisotopic (exact) mass is 390 g/mol. The zero-order chi connectivity index (χ0) is 20.9. The summed E-state index contributed by atoms with van der Waals surface area (Å²) in [5, 5.41) is 11.0. The number of hydrogen-bond acceptors (Lipinski definition) is 1. The lowest BCUT2D eigenvalue weighted by Gasteiger charge is -2.06. The van der Waals surface area contributed by atoms with Crippen LogP contribution >= 0.6 is 0 Å². The average molecular weight is 391 g/mol. The molecule has 30 heavy (non-hydrogen) atoms. The molecule has 1 aromatic heterocycles. The number of aryl methyl sites for hydroxylation is 4. The maximum Gasteiger partial charge on any atom is 0.0998 e. The maximum absolute atomic E-state index is 9.78. The Bertz CT molecular complexity index is 1220. The number of hydrogen-bond donors (Lipinski definition) is 0. The summed E-state index contributed by atoms with van der Waals surface area (Å²) >= 11 is 0. The lowest BCUT2D eigenvalue weighted by molar-refractivity contribution is 0.661. The molecule has 0 radical (unpaired) electrons. The van der Waals surface area contributed by atoms with Crippen molar-refractivity contribution in [2.45, 2.75) is 33.2 Å².